The van der Waals surface area contributed by atoms with Crippen LogP contribution < -0.4 is 9.47 Å². The first-order valence-electron chi connectivity index (χ1n) is 9.90. The van der Waals surface area contributed by atoms with Gasteiger partial charge in [-0.15, -0.1) is 13.2 Å². The molecule has 0 spiro atoms. The van der Waals surface area contributed by atoms with Gasteiger partial charge in [0.2, 0.25) is 5.75 Å². The third-order valence-corrected chi connectivity index (χ3v) is 5.57. The minimum atomic E-state index is -5.38. The van der Waals surface area contributed by atoms with E-state index in [1.54, 1.807) is 12.1 Å². The monoisotopic (exact) mass is 450 g/mol. The second-order valence-electron chi connectivity index (χ2n) is 7.63. The van der Waals surface area contributed by atoms with Crippen LogP contribution in [0.15, 0.2) is 36.4 Å². The average molecular weight is 450 g/mol. The lowest BCUT2D eigenvalue weighted by molar-refractivity contribution is -0.276. The van der Waals surface area contributed by atoms with Crippen molar-refractivity contribution in [3.63, 3.8) is 0 Å². The smallest absolute Gasteiger partial charge is 0.429 e. The molecule has 0 amide bonds. The number of ether oxygens (including phenoxy) is 2. The Kier molecular flexibility index (Phi) is 6.71. The van der Waals surface area contributed by atoms with E-state index in [0.29, 0.717) is 11.8 Å². The molecule has 0 bridgehead atoms. The Hall–Kier alpha value is -2.45. The van der Waals surface area contributed by atoms with Crippen LogP contribution in [0, 0.1) is 17.6 Å². The number of halogens is 7. The zero-order valence-electron chi connectivity index (χ0n) is 16.6. The fourth-order valence-corrected chi connectivity index (χ4v) is 3.86. The quantitative estimate of drug-likeness (QED) is 0.421. The number of benzene rings is 2. The minimum Gasteiger partial charge on any atom is -0.429 e. The largest absolute Gasteiger partial charge is 0.573 e. The van der Waals surface area contributed by atoms with Gasteiger partial charge in [-0.05, 0) is 67.3 Å². The van der Waals surface area contributed by atoms with Crippen molar-refractivity contribution in [2.24, 2.45) is 5.92 Å². The summed E-state index contributed by atoms with van der Waals surface area (Å²) in [5, 5.41) is 0. The molecule has 2 aromatic rings. The molecule has 0 aliphatic heterocycles. The highest BCUT2D eigenvalue weighted by Crippen LogP contribution is 2.39. The normalized spacial score (nSPS) is 19.9. The van der Waals surface area contributed by atoms with E-state index in [2.05, 4.69) is 16.4 Å². The molecule has 31 heavy (non-hydrogen) atoms. The highest BCUT2D eigenvalue weighted by molar-refractivity contribution is 5.35. The lowest BCUT2D eigenvalue weighted by Crippen LogP contribution is -2.24. The van der Waals surface area contributed by atoms with Crippen molar-refractivity contribution in [1.82, 2.24) is 0 Å². The van der Waals surface area contributed by atoms with Crippen LogP contribution in [-0.4, -0.2) is 6.36 Å². The third kappa shape index (κ3) is 5.83. The molecule has 0 aromatic heterocycles. The van der Waals surface area contributed by atoms with Crippen molar-refractivity contribution in [3.8, 4) is 11.5 Å². The molecule has 1 aliphatic rings. The van der Waals surface area contributed by atoms with Gasteiger partial charge in [0.1, 0.15) is 5.75 Å². The molecule has 1 fully saturated rings. The van der Waals surface area contributed by atoms with Crippen molar-refractivity contribution in [2.75, 3.05) is 0 Å². The lowest BCUT2D eigenvalue weighted by atomic mass is 9.78. The summed E-state index contributed by atoms with van der Waals surface area (Å²) in [6, 6.07) is 6.11. The summed E-state index contributed by atoms with van der Waals surface area (Å²) in [5.41, 5.74) is -0.282. The summed E-state index contributed by atoms with van der Waals surface area (Å²) in [6.45, 7) is 2.16. The molecule has 0 N–H and O–H groups in total. The van der Waals surface area contributed by atoms with Gasteiger partial charge in [-0.3, -0.25) is 0 Å². The Morgan fingerprint density at radius 2 is 1.39 bits per heavy atom. The zero-order valence-corrected chi connectivity index (χ0v) is 16.6. The molecule has 2 aromatic carbocycles. The molecule has 9 heteroatoms. The number of alkyl halides is 5. The van der Waals surface area contributed by atoms with Crippen LogP contribution in [0.3, 0.4) is 0 Å². The van der Waals surface area contributed by atoms with E-state index in [0.717, 1.165) is 37.7 Å². The first-order chi connectivity index (χ1) is 14.5. The van der Waals surface area contributed by atoms with E-state index < -0.39 is 35.4 Å². The summed E-state index contributed by atoms with van der Waals surface area (Å²) < 4.78 is 101. The highest BCUT2D eigenvalue weighted by atomic mass is 19.4. The first kappa shape index (κ1) is 23.2. The van der Waals surface area contributed by atoms with Gasteiger partial charge in [0.05, 0.1) is 5.56 Å². The summed E-state index contributed by atoms with van der Waals surface area (Å²) in [6.07, 6.45) is -4.16. The Morgan fingerprint density at radius 1 is 0.839 bits per heavy atom. The Bertz CT molecular complexity index is 863. The zero-order chi connectivity index (χ0) is 22.8. The van der Waals surface area contributed by atoms with Gasteiger partial charge in [-0.2, -0.15) is 8.78 Å². The number of hydrogen-bond donors (Lipinski definition) is 0. The van der Waals surface area contributed by atoms with Crippen LogP contribution in [0.1, 0.15) is 56.1 Å². The molecular formula is C22H21F7O2. The Morgan fingerprint density at radius 3 is 1.87 bits per heavy atom. The van der Waals surface area contributed by atoms with Crippen LogP contribution in [0.2, 0.25) is 0 Å². The molecule has 0 saturated heterocycles. The van der Waals surface area contributed by atoms with Crippen LogP contribution in [0.5, 0.6) is 11.5 Å². The molecule has 0 atom stereocenters. The predicted octanol–water partition coefficient (Wildman–Crippen LogP) is 7.68. The van der Waals surface area contributed by atoms with E-state index in [9.17, 15) is 30.7 Å². The van der Waals surface area contributed by atoms with Gasteiger partial charge in [0.25, 0.3) is 0 Å². The molecule has 3 rings (SSSR count). The van der Waals surface area contributed by atoms with E-state index in [-0.39, 0.29) is 17.9 Å². The molecule has 1 aliphatic carbocycles. The van der Waals surface area contributed by atoms with Gasteiger partial charge < -0.3 is 9.47 Å². The molecule has 2 nitrogen and oxygen atoms in total. The second-order valence-corrected chi connectivity index (χ2v) is 7.63. The van der Waals surface area contributed by atoms with Crippen molar-refractivity contribution in [2.45, 2.75) is 57.4 Å². The van der Waals surface area contributed by atoms with Gasteiger partial charge in [-0.1, -0.05) is 25.5 Å². The molecule has 0 heterocycles. The minimum absolute atomic E-state index is 0.0463. The van der Waals surface area contributed by atoms with Crippen LogP contribution >= 0.6 is 0 Å². The third-order valence-electron chi connectivity index (χ3n) is 5.57. The van der Waals surface area contributed by atoms with Crippen molar-refractivity contribution >= 4 is 0 Å². The fourth-order valence-electron chi connectivity index (χ4n) is 3.86. The van der Waals surface area contributed by atoms with Crippen molar-refractivity contribution in [1.29, 1.82) is 0 Å². The molecular weight excluding hydrogens is 429 g/mol. The van der Waals surface area contributed by atoms with Crippen LogP contribution in [0.25, 0.3) is 0 Å². The predicted molar refractivity (Wildman–Crippen MR) is 99.0 cm³/mol. The SMILES string of the molecule is CCC1CCC(c2ccc(OC(F)(F)c3cc(F)c(OC(F)(F)F)c(F)c3)cc2)CC1. The lowest BCUT2D eigenvalue weighted by Gasteiger charge is -2.28. The van der Waals surface area contributed by atoms with Gasteiger partial charge in [0.15, 0.2) is 11.6 Å². The van der Waals surface area contributed by atoms with Gasteiger partial charge in [-0.25, -0.2) is 8.78 Å². The van der Waals surface area contributed by atoms with Crippen LogP contribution in [0.4, 0.5) is 30.7 Å². The van der Waals surface area contributed by atoms with Gasteiger partial charge >= 0.3 is 12.5 Å². The molecule has 0 radical (unpaired) electrons. The first-order valence-corrected chi connectivity index (χ1v) is 9.90. The number of hydrogen-bond acceptors (Lipinski definition) is 2. The van der Waals surface area contributed by atoms with E-state index in [4.69, 9.17) is 0 Å². The maximum Gasteiger partial charge on any atom is 0.573 e. The molecule has 170 valence electrons. The fraction of sp³-hybridized carbons (Fsp3) is 0.455. The molecule has 0 unspecified atom stereocenters. The average Bonchev–Trinajstić information content (AvgIpc) is 2.70. The number of rotatable bonds is 6. The summed E-state index contributed by atoms with van der Waals surface area (Å²) in [7, 11) is 0. The van der Waals surface area contributed by atoms with Crippen molar-refractivity contribution in [3.05, 3.63) is 59.2 Å². The maximum atomic E-state index is 14.4. The topological polar surface area (TPSA) is 18.5 Å². The highest BCUT2D eigenvalue weighted by Gasteiger charge is 2.39. The second kappa shape index (κ2) is 8.96. The van der Waals surface area contributed by atoms with Crippen molar-refractivity contribution < 1.29 is 40.2 Å². The van der Waals surface area contributed by atoms with E-state index in [1.807, 2.05) is 0 Å². The summed E-state index contributed by atoms with van der Waals surface area (Å²) in [4.78, 5) is 0. The Labute approximate surface area is 175 Å². The maximum absolute atomic E-state index is 14.4. The summed E-state index contributed by atoms with van der Waals surface area (Å²) in [5.74, 6) is -4.85. The van der Waals surface area contributed by atoms with E-state index in [1.165, 1.54) is 12.1 Å². The van der Waals surface area contributed by atoms with Crippen LogP contribution in [-0.2, 0) is 6.11 Å². The standard InChI is InChI=1S/C22H21F7O2/c1-2-13-3-5-14(6-4-13)15-7-9-17(10-8-15)30-21(25,26)16-11-18(23)20(19(24)12-16)31-22(27,28)29/h7-14H,2-6H2,1H3. The van der Waals surface area contributed by atoms with E-state index >= 15 is 0 Å². The Balaban J connectivity index is 1.72. The summed E-state index contributed by atoms with van der Waals surface area (Å²) >= 11 is 0. The molecule has 1 saturated carbocycles. The van der Waals surface area contributed by atoms with Gasteiger partial charge in [0, 0.05) is 0 Å².